The molecule has 2 aromatic heterocycles. The van der Waals surface area contributed by atoms with Gasteiger partial charge in [-0.25, -0.2) is 18.6 Å². The molecule has 0 spiro atoms. The molecule has 3 rings (SSSR count). The maximum Gasteiger partial charge on any atom is 0.320 e. The van der Waals surface area contributed by atoms with Crippen molar-refractivity contribution in [1.82, 2.24) is 20.5 Å². The Morgan fingerprint density at radius 2 is 1.97 bits per heavy atom. The molecule has 0 aliphatic heterocycles. The highest BCUT2D eigenvalue weighted by atomic mass is 19.3. The number of benzene rings is 1. The molecular weight excluding hydrogens is 384 g/mol. The molecule has 1 aromatic carbocycles. The molecule has 29 heavy (non-hydrogen) atoms. The Morgan fingerprint density at radius 3 is 2.55 bits per heavy atom. The van der Waals surface area contributed by atoms with Gasteiger partial charge in [-0.05, 0) is 19.4 Å². The second-order valence-electron chi connectivity index (χ2n) is 6.94. The fraction of sp³-hybridized carbons (Fsp3) is 0.316. The molecular formula is C19H21F2N5O3. The van der Waals surface area contributed by atoms with Crippen molar-refractivity contribution in [1.29, 1.82) is 0 Å². The lowest BCUT2D eigenvalue weighted by atomic mass is 9.92. The zero-order valence-electron chi connectivity index (χ0n) is 16.0. The first-order valence-electron chi connectivity index (χ1n) is 8.76. The van der Waals surface area contributed by atoms with Gasteiger partial charge >= 0.3 is 6.03 Å². The third-order valence-electron chi connectivity index (χ3n) is 4.30. The number of carbonyl (C=O) groups excluding carboxylic acids is 1. The summed E-state index contributed by atoms with van der Waals surface area (Å²) >= 11 is 0. The fourth-order valence-corrected chi connectivity index (χ4v) is 3.01. The molecule has 0 radical (unpaired) electrons. The average Bonchev–Trinajstić information content (AvgIpc) is 3.08. The van der Waals surface area contributed by atoms with Crippen LogP contribution in [0.25, 0.3) is 10.9 Å². The first-order chi connectivity index (χ1) is 13.7. The number of hydrogen-bond donors (Lipinski definition) is 4. The number of fused-ring (bicyclic) bond motifs is 1. The Balaban J connectivity index is 1.87. The van der Waals surface area contributed by atoms with Crippen LogP contribution in [0, 0.1) is 0 Å². The van der Waals surface area contributed by atoms with Crippen molar-refractivity contribution in [3.8, 4) is 5.88 Å². The minimum atomic E-state index is -2.90. The van der Waals surface area contributed by atoms with Crippen molar-refractivity contribution in [2.24, 2.45) is 0 Å². The molecule has 1 unspecified atom stereocenters. The molecule has 8 nitrogen and oxygen atoms in total. The number of hydrogen-bond acceptors (Lipinski definition) is 5. The van der Waals surface area contributed by atoms with Crippen LogP contribution in [0.5, 0.6) is 5.88 Å². The van der Waals surface area contributed by atoms with Gasteiger partial charge in [0.2, 0.25) is 5.88 Å². The van der Waals surface area contributed by atoms with Crippen LogP contribution in [-0.4, -0.2) is 39.0 Å². The van der Waals surface area contributed by atoms with Crippen LogP contribution in [0.4, 0.5) is 19.4 Å². The van der Waals surface area contributed by atoms with Gasteiger partial charge in [-0.1, -0.05) is 30.3 Å². The predicted molar refractivity (Wildman–Crippen MR) is 103 cm³/mol. The van der Waals surface area contributed by atoms with E-state index in [1.54, 1.807) is 38.1 Å². The molecule has 2 heterocycles. The number of halogens is 2. The Labute approximate surface area is 165 Å². The van der Waals surface area contributed by atoms with Gasteiger partial charge in [0.25, 0.3) is 6.43 Å². The summed E-state index contributed by atoms with van der Waals surface area (Å²) in [6.07, 6.45) is -2.90. The summed E-state index contributed by atoms with van der Waals surface area (Å²) in [6.45, 7) is 3.11. The van der Waals surface area contributed by atoms with Crippen molar-refractivity contribution in [3.63, 3.8) is 0 Å². The van der Waals surface area contributed by atoms with E-state index in [9.17, 15) is 18.7 Å². The minimum absolute atomic E-state index is 0.00928. The molecule has 0 fully saturated rings. The molecule has 2 amide bonds. The first kappa shape index (κ1) is 20.5. The van der Waals surface area contributed by atoms with Crippen molar-refractivity contribution < 1.29 is 23.4 Å². The molecule has 3 aromatic rings. The SMILES string of the molecule is COc1n[nH]c2cc(NC(=O)NC(c3ccccc3)C(C)(C)O)nc(C(F)F)c12. The normalized spacial score (nSPS) is 12.8. The lowest BCUT2D eigenvalue weighted by Gasteiger charge is -2.30. The summed E-state index contributed by atoms with van der Waals surface area (Å²) in [6, 6.07) is 8.83. The van der Waals surface area contributed by atoms with E-state index < -0.39 is 29.8 Å². The minimum Gasteiger partial charge on any atom is -0.479 e. The van der Waals surface area contributed by atoms with E-state index >= 15 is 0 Å². The van der Waals surface area contributed by atoms with Crippen LogP contribution in [0.1, 0.15) is 37.6 Å². The standard InChI is InChI=1S/C19H21F2N5O3/c1-19(2,28)15(10-7-5-4-6-8-10)24-18(27)23-12-9-11-13(14(22-12)16(20)21)17(29-3)26-25-11/h4-9,15-16,28H,1-3H3,(H,25,26)(H2,22,23,24,27). The number of nitrogens with zero attached hydrogens (tertiary/aromatic N) is 2. The number of nitrogens with one attached hydrogen (secondary N) is 3. The maximum absolute atomic E-state index is 13.5. The number of anilines is 1. The lowest BCUT2D eigenvalue weighted by molar-refractivity contribution is 0.0415. The number of aromatic nitrogens is 3. The quantitative estimate of drug-likeness (QED) is 0.501. The van der Waals surface area contributed by atoms with E-state index in [4.69, 9.17) is 4.74 Å². The summed E-state index contributed by atoms with van der Waals surface area (Å²) < 4.78 is 31.9. The van der Waals surface area contributed by atoms with Gasteiger partial charge in [0.1, 0.15) is 11.5 Å². The third kappa shape index (κ3) is 4.43. The summed E-state index contributed by atoms with van der Waals surface area (Å²) in [7, 11) is 1.31. The first-order valence-corrected chi connectivity index (χ1v) is 8.76. The zero-order valence-corrected chi connectivity index (χ0v) is 16.0. The van der Waals surface area contributed by atoms with Gasteiger partial charge in [0.15, 0.2) is 0 Å². The Morgan fingerprint density at radius 1 is 1.28 bits per heavy atom. The summed E-state index contributed by atoms with van der Waals surface area (Å²) in [5.41, 5.74) is -0.916. The number of methoxy groups -OCH3 is 1. The Bertz CT molecular complexity index is 1000. The van der Waals surface area contributed by atoms with Crippen molar-refractivity contribution in [3.05, 3.63) is 47.7 Å². The number of aromatic amines is 1. The number of amides is 2. The number of alkyl halides is 2. The highest BCUT2D eigenvalue weighted by Crippen LogP contribution is 2.33. The lowest BCUT2D eigenvalue weighted by Crippen LogP contribution is -2.44. The predicted octanol–water partition coefficient (Wildman–Crippen LogP) is 3.54. The van der Waals surface area contributed by atoms with E-state index in [-0.39, 0.29) is 22.6 Å². The van der Waals surface area contributed by atoms with Gasteiger partial charge in [-0.3, -0.25) is 10.4 Å². The van der Waals surface area contributed by atoms with Crippen molar-refractivity contribution in [2.75, 3.05) is 12.4 Å². The Kier molecular flexibility index (Phi) is 5.64. The molecule has 0 aliphatic rings. The molecule has 4 N–H and O–H groups in total. The number of carbonyl (C=O) groups is 1. The topological polar surface area (TPSA) is 112 Å². The van der Waals surface area contributed by atoms with Crippen LogP contribution in [0.2, 0.25) is 0 Å². The van der Waals surface area contributed by atoms with Crippen molar-refractivity contribution in [2.45, 2.75) is 31.9 Å². The largest absolute Gasteiger partial charge is 0.479 e. The molecule has 0 bridgehead atoms. The van der Waals surface area contributed by atoms with Gasteiger partial charge in [-0.2, -0.15) is 0 Å². The number of urea groups is 1. The molecule has 0 saturated carbocycles. The summed E-state index contributed by atoms with van der Waals surface area (Å²) in [5, 5.41) is 22.0. The summed E-state index contributed by atoms with van der Waals surface area (Å²) in [5.74, 6) is -0.107. The van der Waals surface area contributed by atoms with Crippen LogP contribution in [0.3, 0.4) is 0 Å². The van der Waals surface area contributed by atoms with Crippen LogP contribution >= 0.6 is 0 Å². The maximum atomic E-state index is 13.5. The van der Waals surface area contributed by atoms with Gasteiger partial charge in [0.05, 0.1) is 29.7 Å². The van der Waals surface area contributed by atoms with Crippen molar-refractivity contribution >= 4 is 22.8 Å². The second kappa shape index (κ2) is 8.00. The number of ether oxygens (including phenoxy) is 1. The zero-order chi connectivity index (χ0) is 21.2. The molecule has 1 atom stereocenters. The van der Waals surface area contributed by atoms with Gasteiger partial charge < -0.3 is 15.2 Å². The molecule has 0 aliphatic carbocycles. The number of aliphatic hydroxyl groups is 1. The van der Waals surface area contributed by atoms with E-state index in [1.165, 1.54) is 13.2 Å². The van der Waals surface area contributed by atoms with Crippen LogP contribution in [0.15, 0.2) is 36.4 Å². The third-order valence-corrected chi connectivity index (χ3v) is 4.30. The summed E-state index contributed by atoms with van der Waals surface area (Å²) in [4.78, 5) is 16.3. The van der Waals surface area contributed by atoms with Gasteiger partial charge in [0, 0.05) is 6.07 Å². The smallest absolute Gasteiger partial charge is 0.320 e. The van der Waals surface area contributed by atoms with Crippen LogP contribution < -0.4 is 15.4 Å². The number of pyridine rings is 1. The highest BCUT2D eigenvalue weighted by Gasteiger charge is 2.30. The van der Waals surface area contributed by atoms with Gasteiger partial charge in [-0.15, -0.1) is 5.10 Å². The monoisotopic (exact) mass is 405 g/mol. The molecule has 0 saturated heterocycles. The highest BCUT2D eigenvalue weighted by molar-refractivity contribution is 5.93. The molecule has 154 valence electrons. The fourth-order valence-electron chi connectivity index (χ4n) is 3.01. The van der Waals surface area contributed by atoms with Crippen LogP contribution in [-0.2, 0) is 0 Å². The average molecular weight is 405 g/mol. The molecule has 10 heteroatoms. The second-order valence-corrected chi connectivity index (χ2v) is 6.94. The van der Waals surface area contributed by atoms with E-state index in [0.717, 1.165) is 0 Å². The Hall–Kier alpha value is -3.27. The van der Waals surface area contributed by atoms with E-state index in [1.807, 2.05) is 6.07 Å². The number of H-pyrrole nitrogens is 1. The van der Waals surface area contributed by atoms with E-state index in [2.05, 4.69) is 25.8 Å². The number of rotatable bonds is 6. The van der Waals surface area contributed by atoms with E-state index in [0.29, 0.717) is 5.56 Å².